The largest absolute Gasteiger partial charge is 0.444 e. The van der Waals surface area contributed by atoms with E-state index in [1.54, 1.807) is 0 Å². The molecule has 0 saturated heterocycles. The number of alkyl carbamates (subject to hydrolysis) is 1. The number of aryl methyl sites for hydroxylation is 1. The lowest BCUT2D eigenvalue weighted by Gasteiger charge is -2.30. The van der Waals surface area contributed by atoms with Gasteiger partial charge in [0, 0.05) is 4.90 Å². The number of hydrogen-bond acceptors (Lipinski definition) is 4. The molecule has 0 aliphatic heterocycles. The lowest BCUT2D eigenvalue weighted by molar-refractivity contribution is -0.114. The Hall–Kier alpha value is -1.49. The lowest BCUT2D eigenvalue weighted by Crippen LogP contribution is -2.47. The minimum absolute atomic E-state index is 0.0124. The summed E-state index contributed by atoms with van der Waals surface area (Å²) in [6.45, 7) is 7.49. The zero-order chi connectivity index (χ0) is 18.4. The molecule has 1 aliphatic rings. The van der Waals surface area contributed by atoms with Crippen LogP contribution in [0.4, 0.5) is 4.79 Å². The average molecular weight is 364 g/mol. The number of carbonyl (C=O) groups is 2. The van der Waals surface area contributed by atoms with Gasteiger partial charge in [0.15, 0.2) is 0 Å². The summed E-state index contributed by atoms with van der Waals surface area (Å²) in [7, 11) is 0. The van der Waals surface area contributed by atoms with Gasteiger partial charge in [-0.1, -0.05) is 37.0 Å². The van der Waals surface area contributed by atoms with E-state index >= 15 is 0 Å². The highest BCUT2D eigenvalue weighted by molar-refractivity contribution is 8.13. The number of rotatable bonds is 4. The van der Waals surface area contributed by atoms with Gasteiger partial charge in [0.1, 0.15) is 11.6 Å². The second kappa shape index (κ2) is 8.75. The summed E-state index contributed by atoms with van der Waals surface area (Å²) in [5, 5.41) is 2.83. The predicted octanol–water partition coefficient (Wildman–Crippen LogP) is 5.09. The summed E-state index contributed by atoms with van der Waals surface area (Å²) in [6, 6.07) is 7.38. The lowest BCUT2D eigenvalue weighted by atomic mass is 9.84. The molecule has 1 atom stereocenters. The number of benzene rings is 1. The Balaban J connectivity index is 2.08. The average Bonchev–Trinajstić information content (AvgIpc) is 2.54. The van der Waals surface area contributed by atoms with Crippen LogP contribution in [0.25, 0.3) is 0 Å². The molecule has 0 spiro atoms. The summed E-state index contributed by atoms with van der Waals surface area (Å²) in [6.07, 6.45) is 4.86. The molecule has 4 nitrogen and oxygen atoms in total. The van der Waals surface area contributed by atoms with Crippen LogP contribution in [0.1, 0.15) is 58.4 Å². The maximum atomic E-state index is 12.9. The Morgan fingerprint density at radius 1 is 1.12 bits per heavy atom. The highest BCUT2D eigenvalue weighted by Crippen LogP contribution is 2.31. The maximum Gasteiger partial charge on any atom is 0.408 e. The molecule has 5 heteroatoms. The first-order valence-corrected chi connectivity index (χ1v) is 9.84. The third kappa shape index (κ3) is 6.73. The van der Waals surface area contributed by atoms with Gasteiger partial charge in [-0.05, 0) is 70.3 Å². The molecular weight excluding hydrogens is 334 g/mol. The fraction of sp³-hybridized carbons (Fsp3) is 0.600. The number of ether oxygens (including phenoxy) is 1. The van der Waals surface area contributed by atoms with Crippen molar-refractivity contribution in [2.24, 2.45) is 5.92 Å². The Kier molecular flexibility index (Phi) is 6.94. The first-order chi connectivity index (χ1) is 11.7. The Bertz CT molecular complexity index is 586. The highest BCUT2D eigenvalue weighted by atomic mass is 32.2. The molecule has 1 amide bonds. The minimum atomic E-state index is -0.575. The first-order valence-electron chi connectivity index (χ1n) is 9.02. The molecule has 0 bridgehead atoms. The summed E-state index contributed by atoms with van der Waals surface area (Å²) < 4.78 is 5.36. The number of amides is 1. The Morgan fingerprint density at radius 3 is 2.28 bits per heavy atom. The minimum Gasteiger partial charge on any atom is -0.444 e. The van der Waals surface area contributed by atoms with E-state index in [9.17, 15) is 9.59 Å². The van der Waals surface area contributed by atoms with Crippen molar-refractivity contribution in [3.8, 4) is 0 Å². The number of hydrogen-bond donors (Lipinski definition) is 1. The van der Waals surface area contributed by atoms with Crippen LogP contribution in [-0.4, -0.2) is 22.9 Å². The van der Waals surface area contributed by atoms with E-state index in [1.165, 1.54) is 18.2 Å². The van der Waals surface area contributed by atoms with Crippen molar-refractivity contribution in [1.82, 2.24) is 5.32 Å². The van der Waals surface area contributed by atoms with Crippen LogP contribution in [0.3, 0.4) is 0 Å². The van der Waals surface area contributed by atoms with Gasteiger partial charge in [-0.25, -0.2) is 4.79 Å². The van der Waals surface area contributed by atoms with Crippen molar-refractivity contribution in [2.45, 2.75) is 76.3 Å². The first kappa shape index (κ1) is 19.8. The standard InChI is InChI=1S/C20H29NO3S/c1-14-10-12-16(13-11-14)25-18(22)17(15-8-6-5-7-9-15)21-19(23)24-20(2,3)4/h10-13,15,17H,5-9H2,1-4H3,(H,21,23). The van der Waals surface area contributed by atoms with Gasteiger partial charge in [-0.15, -0.1) is 0 Å². The SMILES string of the molecule is Cc1ccc(SC(=O)C(NC(=O)OC(C)(C)C)C2CCCCC2)cc1. The number of carbonyl (C=O) groups excluding carboxylic acids is 2. The third-order valence-electron chi connectivity index (χ3n) is 4.29. The zero-order valence-electron chi connectivity index (χ0n) is 15.6. The van der Waals surface area contributed by atoms with Gasteiger partial charge >= 0.3 is 6.09 Å². The van der Waals surface area contributed by atoms with E-state index < -0.39 is 17.7 Å². The molecule has 1 aliphatic carbocycles. The van der Waals surface area contributed by atoms with Crippen molar-refractivity contribution < 1.29 is 14.3 Å². The molecule has 1 saturated carbocycles. The fourth-order valence-electron chi connectivity index (χ4n) is 3.06. The van der Waals surface area contributed by atoms with Crippen LogP contribution in [0, 0.1) is 12.8 Å². The van der Waals surface area contributed by atoms with Crippen molar-refractivity contribution in [1.29, 1.82) is 0 Å². The molecule has 0 heterocycles. The molecule has 2 rings (SSSR count). The topological polar surface area (TPSA) is 55.4 Å². The van der Waals surface area contributed by atoms with Gasteiger partial charge in [-0.2, -0.15) is 0 Å². The normalized spacial score (nSPS) is 17.0. The van der Waals surface area contributed by atoms with Crippen LogP contribution in [-0.2, 0) is 9.53 Å². The van der Waals surface area contributed by atoms with Crippen molar-refractivity contribution in [3.05, 3.63) is 29.8 Å². The Morgan fingerprint density at radius 2 is 1.72 bits per heavy atom. The summed E-state index contributed by atoms with van der Waals surface area (Å²) in [4.78, 5) is 26.0. The molecule has 1 aromatic rings. The third-order valence-corrected chi connectivity index (χ3v) is 5.25. The fourth-order valence-corrected chi connectivity index (χ4v) is 3.94. The molecule has 1 unspecified atom stereocenters. The van der Waals surface area contributed by atoms with Crippen molar-refractivity contribution in [2.75, 3.05) is 0 Å². The van der Waals surface area contributed by atoms with Gasteiger partial charge in [0.25, 0.3) is 0 Å². The monoisotopic (exact) mass is 363 g/mol. The van der Waals surface area contributed by atoms with Crippen LogP contribution >= 0.6 is 11.8 Å². The molecule has 1 fully saturated rings. The maximum absolute atomic E-state index is 12.9. The van der Waals surface area contributed by atoms with Gasteiger partial charge in [0.05, 0.1) is 0 Å². The molecular formula is C20H29NO3S. The number of thioether (sulfide) groups is 1. The van der Waals surface area contributed by atoms with E-state index in [2.05, 4.69) is 5.32 Å². The van der Waals surface area contributed by atoms with E-state index in [0.717, 1.165) is 36.1 Å². The zero-order valence-corrected chi connectivity index (χ0v) is 16.4. The summed E-state index contributed by atoms with van der Waals surface area (Å²) in [5.41, 5.74) is 0.585. The highest BCUT2D eigenvalue weighted by Gasteiger charge is 2.32. The molecule has 1 aromatic carbocycles. The van der Waals surface area contributed by atoms with E-state index in [0.29, 0.717) is 0 Å². The second-order valence-corrected chi connectivity index (χ2v) is 8.83. The van der Waals surface area contributed by atoms with Gasteiger partial charge < -0.3 is 10.1 Å². The molecule has 0 radical (unpaired) electrons. The molecule has 138 valence electrons. The predicted molar refractivity (Wildman–Crippen MR) is 102 cm³/mol. The summed E-state index contributed by atoms with van der Waals surface area (Å²) in [5.74, 6) is 0.187. The quantitative estimate of drug-likeness (QED) is 0.757. The molecule has 0 aromatic heterocycles. The smallest absolute Gasteiger partial charge is 0.408 e. The van der Waals surface area contributed by atoms with Gasteiger partial charge in [-0.3, -0.25) is 4.79 Å². The van der Waals surface area contributed by atoms with Crippen molar-refractivity contribution >= 4 is 23.0 Å². The molecule has 1 N–H and O–H groups in total. The Labute approximate surface area is 155 Å². The van der Waals surface area contributed by atoms with Crippen LogP contribution in [0.15, 0.2) is 29.2 Å². The van der Waals surface area contributed by atoms with Crippen LogP contribution in [0.5, 0.6) is 0 Å². The van der Waals surface area contributed by atoms with E-state index in [-0.39, 0.29) is 11.0 Å². The number of nitrogens with one attached hydrogen (secondary N) is 1. The molecule has 25 heavy (non-hydrogen) atoms. The van der Waals surface area contributed by atoms with Gasteiger partial charge in [0.2, 0.25) is 5.12 Å². The van der Waals surface area contributed by atoms with Crippen LogP contribution < -0.4 is 5.32 Å². The summed E-state index contributed by atoms with van der Waals surface area (Å²) >= 11 is 1.20. The van der Waals surface area contributed by atoms with Crippen molar-refractivity contribution in [3.63, 3.8) is 0 Å². The van der Waals surface area contributed by atoms with E-state index in [1.807, 2.05) is 52.0 Å². The van der Waals surface area contributed by atoms with Crippen LogP contribution in [0.2, 0.25) is 0 Å². The second-order valence-electron chi connectivity index (χ2n) is 7.76. The van der Waals surface area contributed by atoms with E-state index in [4.69, 9.17) is 4.74 Å².